The summed E-state index contributed by atoms with van der Waals surface area (Å²) in [6.07, 6.45) is 0.254. The number of aliphatic carboxylic acids is 1. The summed E-state index contributed by atoms with van der Waals surface area (Å²) in [5.41, 5.74) is 4.33. The number of nitrogens with zero attached hydrogens (tertiary/aromatic N) is 3. The van der Waals surface area contributed by atoms with Crippen molar-refractivity contribution in [3.63, 3.8) is 0 Å². The third-order valence-electron chi connectivity index (χ3n) is 4.35. The molecule has 2 aromatic carbocycles. The number of aryl methyl sites for hydroxylation is 2. The largest absolute Gasteiger partial charge is 0.490 e. The van der Waals surface area contributed by atoms with Crippen LogP contribution < -0.4 is 0 Å². The molecule has 0 amide bonds. The molecule has 0 spiro atoms. The molecule has 2 heterocycles. The number of carbonyl (C=O) groups is 1. The molecule has 164 valence electrons. The molecule has 0 unspecified atom stereocenters. The predicted molar refractivity (Wildman–Crippen MR) is 111 cm³/mol. The summed E-state index contributed by atoms with van der Waals surface area (Å²) < 4.78 is 37.6. The van der Waals surface area contributed by atoms with Crippen LogP contribution >= 0.6 is 0 Å². The van der Waals surface area contributed by atoms with Gasteiger partial charge in [-0.15, -0.1) is 10.2 Å². The first-order valence-corrected chi connectivity index (χ1v) is 9.51. The van der Waals surface area contributed by atoms with E-state index in [1.54, 1.807) is 12.4 Å². The molecular weight excluding hydrogens is 423 g/mol. The lowest BCUT2D eigenvalue weighted by Crippen LogP contribution is -2.21. The van der Waals surface area contributed by atoms with Crippen LogP contribution in [-0.4, -0.2) is 32.4 Å². The van der Waals surface area contributed by atoms with E-state index in [9.17, 15) is 13.2 Å². The van der Waals surface area contributed by atoms with Gasteiger partial charge in [-0.3, -0.25) is 4.98 Å². The van der Waals surface area contributed by atoms with E-state index >= 15 is 0 Å². The van der Waals surface area contributed by atoms with Crippen LogP contribution in [0.3, 0.4) is 0 Å². The fourth-order valence-corrected chi connectivity index (χ4v) is 2.81. The van der Waals surface area contributed by atoms with Crippen LogP contribution in [-0.2, 0) is 17.6 Å². The van der Waals surface area contributed by atoms with E-state index < -0.39 is 12.1 Å². The third-order valence-corrected chi connectivity index (χ3v) is 4.35. The molecule has 4 rings (SSSR count). The molecule has 1 N–H and O–H groups in total. The highest BCUT2D eigenvalue weighted by molar-refractivity contribution is 5.73. The van der Waals surface area contributed by atoms with Gasteiger partial charge in [-0.2, -0.15) is 13.2 Å². The van der Waals surface area contributed by atoms with E-state index in [1.807, 2.05) is 36.4 Å². The summed E-state index contributed by atoms with van der Waals surface area (Å²) in [6, 6.07) is 22.4. The van der Waals surface area contributed by atoms with E-state index in [0.29, 0.717) is 11.8 Å². The average Bonchev–Trinajstić information content (AvgIpc) is 3.29. The molecule has 0 aliphatic carbocycles. The summed E-state index contributed by atoms with van der Waals surface area (Å²) in [5.74, 6) is -1.73. The Kier molecular flexibility index (Phi) is 7.33. The normalized spacial score (nSPS) is 10.8. The Bertz CT molecular complexity index is 1150. The number of alkyl halides is 3. The number of aromatic nitrogens is 3. The number of hydrogen-bond acceptors (Lipinski definition) is 5. The standard InChI is InChI=1S/C21H17N3O.C2HF3O2/c1-2-7-16(8-3-1)12-13-17-9-4-5-11-19(17)21-24-23-20(25-21)18-10-6-14-22-15-18;3-2(4,5)1(6)7/h1-11,14-15H,12-13H2;(H,6,7). The van der Waals surface area contributed by atoms with Gasteiger partial charge in [0.2, 0.25) is 11.8 Å². The molecule has 0 radical (unpaired) electrons. The Hall–Kier alpha value is -4.01. The van der Waals surface area contributed by atoms with Crippen molar-refractivity contribution in [1.29, 1.82) is 0 Å². The molecule has 2 aromatic heterocycles. The van der Waals surface area contributed by atoms with Crippen molar-refractivity contribution in [2.45, 2.75) is 19.0 Å². The van der Waals surface area contributed by atoms with Gasteiger partial charge in [0, 0.05) is 18.0 Å². The molecule has 0 aliphatic heterocycles. The number of benzene rings is 2. The topological polar surface area (TPSA) is 89.1 Å². The van der Waals surface area contributed by atoms with Gasteiger partial charge in [0.25, 0.3) is 0 Å². The van der Waals surface area contributed by atoms with Crippen LogP contribution in [0.15, 0.2) is 83.5 Å². The second kappa shape index (κ2) is 10.3. The van der Waals surface area contributed by atoms with Crippen molar-refractivity contribution in [3.8, 4) is 22.9 Å². The minimum atomic E-state index is -5.08. The van der Waals surface area contributed by atoms with Crippen LogP contribution in [0, 0.1) is 0 Å². The number of pyridine rings is 1. The highest BCUT2D eigenvalue weighted by Gasteiger charge is 2.38. The van der Waals surface area contributed by atoms with Gasteiger partial charge in [-0.1, -0.05) is 48.5 Å². The Morgan fingerprint density at radius 3 is 2.19 bits per heavy atom. The van der Waals surface area contributed by atoms with Gasteiger partial charge < -0.3 is 9.52 Å². The molecule has 0 saturated carbocycles. The number of rotatable bonds is 5. The van der Waals surface area contributed by atoms with Crippen LogP contribution in [0.4, 0.5) is 13.2 Å². The second-order valence-electron chi connectivity index (χ2n) is 6.60. The summed E-state index contributed by atoms with van der Waals surface area (Å²) in [6.45, 7) is 0. The molecule has 0 bridgehead atoms. The maximum absolute atomic E-state index is 10.6. The zero-order valence-corrected chi connectivity index (χ0v) is 16.7. The quantitative estimate of drug-likeness (QED) is 0.457. The minimum Gasteiger partial charge on any atom is -0.475 e. The molecule has 0 atom stereocenters. The van der Waals surface area contributed by atoms with Crippen molar-refractivity contribution < 1.29 is 27.5 Å². The number of carboxylic acid groups (broad SMARTS) is 1. The molecule has 32 heavy (non-hydrogen) atoms. The van der Waals surface area contributed by atoms with Crippen molar-refractivity contribution in [2.24, 2.45) is 0 Å². The van der Waals surface area contributed by atoms with E-state index in [-0.39, 0.29) is 0 Å². The first kappa shape index (κ1) is 22.7. The minimum absolute atomic E-state index is 0.487. The molecule has 9 heteroatoms. The molecule has 6 nitrogen and oxygen atoms in total. The Labute approximate surface area is 181 Å². The van der Waals surface area contributed by atoms with Gasteiger partial charge in [-0.05, 0) is 42.2 Å². The van der Waals surface area contributed by atoms with Gasteiger partial charge in [0.05, 0.1) is 5.56 Å². The zero-order valence-electron chi connectivity index (χ0n) is 16.7. The Morgan fingerprint density at radius 1 is 0.875 bits per heavy atom. The summed E-state index contributed by atoms with van der Waals surface area (Å²) in [4.78, 5) is 13.0. The molecule has 0 aliphatic rings. The lowest BCUT2D eigenvalue weighted by Gasteiger charge is -2.06. The smallest absolute Gasteiger partial charge is 0.475 e. The maximum Gasteiger partial charge on any atom is 0.490 e. The van der Waals surface area contributed by atoms with Crippen LogP contribution in [0.25, 0.3) is 22.9 Å². The lowest BCUT2D eigenvalue weighted by molar-refractivity contribution is -0.192. The number of carboxylic acids is 1. The van der Waals surface area contributed by atoms with Gasteiger partial charge >= 0.3 is 12.1 Å². The van der Waals surface area contributed by atoms with Crippen molar-refractivity contribution >= 4 is 5.97 Å². The Balaban J connectivity index is 0.000000360. The maximum atomic E-state index is 10.6. The van der Waals surface area contributed by atoms with E-state index in [4.69, 9.17) is 14.3 Å². The van der Waals surface area contributed by atoms with Crippen molar-refractivity contribution in [3.05, 3.63) is 90.3 Å². The molecular formula is C23H18F3N3O3. The molecule has 0 saturated heterocycles. The van der Waals surface area contributed by atoms with Crippen LogP contribution in [0.1, 0.15) is 11.1 Å². The fraction of sp³-hybridized carbons (Fsp3) is 0.130. The average molecular weight is 441 g/mol. The van der Waals surface area contributed by atoms with Crippen LogP contribution in [0.2, 0.25) is 0 Å². The molecule has 0 fully saturated rings. The van der Waals surface area contributed by atoms with E-state index in [1.165, 1.54) is 11.1 Å². The number of halogens is 3. The second-order valence-corrected chi connectivity index (χ2v) is 6.60. The predicted octanol–water partition coefficient (Wildman–Crippen LogP) is 5.22. The summed E-state index contributed by atoms with van der Waals surface area (Å²) in [5, 5.41) is 15.5. The van der Waals surface area contributed by atoms with Crippen LogP contribution in [0.5, 0.6) is 0 Å². The molecule has 4 aromatic rings. The van der Waals surface area contributed by atoms with Gasteiger partial charge in [0.1, 0.15) is 0 Å². The third kappa shape index (κ3) is 6.24. The monoisotopic (exact) mass is 441 g/mol. The Morgan fingerprint density at radius 2 is 1.53 bits per heavy atom. The van der Waals surface area contributed by atoms with Crippen molar-refractivity contribution in [1.82, 2.24) is 15.2 Å². The van der Waals surface area contributed by atoms with E-state index in [0.717, 1.165) is 24.0 Å². The summed E-state index contributed by atoms with van der Waals surface area (Å²) in [7, 11) is 0. The highest BCUT2D eigenvalue weighted by atomic mass is 19.4. The van der Waals surface area contributed by atoms with E-state index in [2.05, 4.69) is 45.5 Å². The fourth-order valence-electron chi connectivity index (χ4n) is 2.81. The van der Waals surface area contributed by atoms with Crippen molar-refractivity contribution in [2.75, 3.05) is 0 Å². The first-order chi connectivity index (χ1) is 15.3. The van der Waals surface area contributed by atoms with Gasteiger partial charge in [-0.25, -0.2) is 4.79 Å². The first-order valence-electron chi connectivity index (χ1n) is 9.51. The SMILES string of the molecule is O=C(O)C(F)(F)F.c1ccc(CCc2ccccc2-c2nnc(-c3cccnc3)o2)cc1. The van der Waals surface area contributed by atoms with Gasteiger partial charge in [0.15, 0.2) is 0 Å². The highest BCUT2D eigenvalue weighted by Crippen LogP contribution is 2.27. The lowest BCUT2D eigenvalue weighted by atomic mass is 10.00. The summed E-state index contributed by atoms with van der Waals surface area (Å²) >= 11 is 0. The number of hydrogen-bond donors (Lipinski definition) is 1. The zero-order chi connectivity index (χ0) is 23.0.